The maximum atomic E-state index is 12.5. The van der Waals surface area contributed by atoms with Crippen molar-refractivity contribution < 1.29 is 18.7 Å². The first kappa shape index (κ1) is 17.1. The van der Waals surface area contributed by atoms with Crippen LogP contribution in [-0.4, -0.2) is 41.2 Å². The van der Waals surface area contributed by atoms with E-state index in [1.165, 1.54) is 4.57 Å². The van der Waals surface area contributed by atoms with Gasteiger partial charge in [0.05, 0.1) is 18.0 Å². The van der Waals surface area contributed by atoms with Crippen LogP contribution in [0.2, 0.25) is 0 Å². The summed E-state index contributed by atoms with van der Waals surface area (Å²) in [6, 6.07) is 4.75. The Balaban J connectivity index is 1.69. The summed E-state index contributed by atoms with van der Waals surface area (Å²) in [6.07, 6.45) is 1.48. The van der Waals surface area contributed by atoms with Gasteiger partial charge in [-0.15, -0.1) is 0 Å². The second-order valence-corrected chi connectivity index (χ2v) is 6.08. The summed E-state index contributed by atoms with van der Waals surface area (Å²) in [6.45, 7) is 3.03. The molecule has 1 fully saturated rings. The average Bonchev–Trinajstić information content (AvgIpc) is 2.89. The number of nitrogens with zero attached hydrogens (tertiary/aromatic N) is 2. The van der Waals surface area contributed by atoms with Gasteiger partial charge >= 0.3 is 17.8 Å². The van der Waals surface area contributed by atoms with Gasteiger partial charge in [0.2, 0.25) is 0 Å². The molecule has 1 saturated heterocycles. The fourth-order valence-electron chi connectivity index (χ4n) is 3.03. The van der Waals surface area contributed by atoms with Gasteiger partial charge in [0.15, 0.2) is 5.58 Å². The first-order chi connectivity index (χ1) is 12.0. The van der Waals surface area contributed by atoms with E-state index in [4.69, 9.17) is 9.15 Å². The topological polar surface area (TPSA) is 93.8 Å². The molecular weight excluding hydrogens is 326 g/mol. The lowest BCUT2D eigenvalue weighted by atomic mass is 9.98. The predicted molar refractivity (Wildman–Crippen MR) is 91.4 cm³/mol. The monoisotopic (exact) mass is 347 g/mol. The van der Waals surface area contributed by atoms with Crippen LogP contribution < -0.4 is 11.1 Å². The molecule has 1 aromatic carbocycles. The Morgan fingerprint density at radius 3 is 2.96 bits per heavy atom. The van der Waals surface area contributed by atoms with Crippen molar-refractivity contribution in [3.63, 3.8) is 0 Å². The van der Waals surface area contributed by atoms with Crippen molar-refractivity contribution in [1.82, 2.24) is 9.47 Å². The molecule has 3 rings (SSSR count). The zero-order valence-corrected chi connectivity index (χ0v) is 14.3. The number of piperidine rings is 1. The van der Waals surface area contributed by atoms with Gasteiger partial charge in [0, 0.05) is 31.9 Å². The third kappa shape index (κ3) is 3.52. The van der Waals surface area contributed by atoms with Gasteiger partial charge in [-0.1, -0.05) is 0 Å². The molecule has 2 aromatic rings. The van der Waals surface area contributed by atoms with Crippen LogP contribution in [-0.2, 0) is 16.6 Å². The molecule has 1 atom stereocenters. The van der Waals surface area contributed by atoms with Gasteiger partial charge in [-0.2, -0.15) is 0 Å². The fraction of sp³-hybridized carbons (Fsp3) is 0.471. The van der Waals surface area contributed by atoms with Crippen LogP contribution >= 0.6 is 0 Å². The second-order valence-electron chi connectivity index (χ2n) is 6.08. The van der Waals surface area contributed by atoms with Gasteiger partial charge in [-0.3, -0.25) is 9.36 Å². The number of hydrogen-bond acceptors (Lipinski definition) is 5. The SMILES string of the molecule is CCOC(=O)[C@H]1CCCN(C(=O)Nc2ccc3c(c2)oc(=O)n3C)C1. The van der Waals surface area contributed by atoms with Crippen molar-refractivity contribution >= 4 is 28.8 Å². The Morgan fingerprint density at radius 1 is 1.40 bits per heavy atom. The number of carbonyl (C=O) groups excluding carboxylic acids is 2. The van der Waals surface area contributed by atoms with E-state index in [9.17, 15) is 14.4 Å². The standard InChI is InChI=1S/C17H21N3O5/c1-3-24-15(21)11-5-4-8-20(10-11)16(22)18-12-6-7-13-14(9-12)25-17(23)19(13)2/h6-7,9,11H,3-5,8,10H2,1-2H3,(H,18,22)/t11-/m0/s1. The Morgan fingerprint density at radius 2 is 2.20 bits per heavy atom. The molecule has 0 bridgehead atoms. The highest BCUT2D eigenvalue weighted by molar-refractivity contribution is 5.92. The number of rotatable bonds is 3. The number of amides is 2. The molecule has 1 aliphatic heterocycles. The smallest absolute Gasteiger partial charge is 0.419 e. The minimum atomic E-state index is -0.452. The zero-order chi connectivity index (χ0) is 18.0. The lowest BCUT2D eigenvalue weighted by Crippen LogP contribution is -2.44. The summed E-state index contributed by atoms with van der Waals surface area (Å²) in [5.41, 5.74) is 1.60. The number of anilines is 1. The molecule has 0 radical (unpaired) electrons. The largest absolute Gasteiger partial charge is 0.466 e. The van der Waals surface area contributed by atoms with E-state index in [1.54, 1.807) is 37.1 Å². The minimum Gasteiger partial charge on any atom is -0.466 e. The van der Waals surface area contributed by atoms with Gasteiger partial charge in [-0.05, 0) is 31.9 Å². The average molecular weight is 347 g/mol. The van der Waals surface area contributed by atoms with E-state index in [2.05, 4.69) is 5.32 Å². The molecule has 134 valence electrons. The van der Waals surface area contributed by atoms with Crippen molar-refractivity contribution in [2.45, 2.75) is 19.8 Å². The number of benzene rings is 1. The van der Waals surface area contributed by atoms with Crippen molar-refractivity contribution in [2.24, 2.45) is 13.0 Å². The molecule has 0 saturated carbocycles. The van der Waals surface area contributed by atoms with Crippen molar-refractivity contribution in [1.29, 1.82) is 0 Å². The molecule has 2 heterocycles. The van der Waals surface area contributed by atoms with Gasteiger partial charge in [0.25, 0.3) is 0 Å². The number of carbonyl (C=O) groups is 2. The zero-order valence-electron chi connectivity index (χ0n) is 14.3. The van der Waals surface area contributed by atoms with Gasteiger partial charge in [0.1, 0.15) is 0 Å². The van der Waals surface area contributed by atoms with Crippen molar-refractivity contribution in [3.8, 4) is 0 Å². The summed E-state index contributed by atoms with van der Waals surface area (Å²) < 4.78 is 11.6. The van der Waals surface area contributed by atoms with Crippen LogP contribution in [0.15, 0.2) is 27.4 Å². The number of hydrogen-bond donors (Lipinski definition) is 1. The Labute approximate surface area is 144 Å². The highest BCUT2D eigenvalue weighted by Gasteiger charge is 2.29. The second kappa shape index (κ2) is 7.00. The van der Waals surface area contributed by atoms with Crippen LogP contribution in [0.1, 0.15) is 19.8 Å². The van der Waals surface area contributed by atoms with E-state index in [0.717, 1.165) is 12.8 Å². The summed E-state index contributed by atoms with van der Waals surface area (Å²) >= 11 is 0. The predicted octanol–water partition coefficient (Wildman–Crippen LogP) is 1.94. The molecule has 1 aromatic heterocycles. The molecule has 1 N–H and O–H groups in total. The number of nitrogens with one attached hydrogen (secondary N) is 1. The number of likely N-dealkylation sites (tertiary alicyclic amines) is 1. The summed E-state index contributed by atoms with van der Waals surface area (Å²) in [5, 5.41) is 2.79. The molecule has 2 amide bonds. The summed E-state index contributed by atoms with van der Waals surface area (Å²) in [7, 11) is 1.62. The molecule has 0 aliphatic carbocycles. The van der Waals surface area contributed by atoms with Crippen LogP contribution in [0.5, 0.6) is 0 Å². The van der Waals surface area contributed by atoms with E-state index >= 15 is 0 Å². The van der Waals surface area contributed by atoms with E-state index in [1.807, 2.05) is 0 Å². The number of fused-ring (bicyclic) bond motifs is 1. The Kier molecular flexibility index (Phi) is 4.78. The van der Waals surface area contributed by atoms with E-state index in [-0.39, 0.29) is 17.9 Å². The number of aromatic nitrogens is 1. The molecule has 1 aliphatic rings. The number of esters is 1. The first-order valence-corrected chi connectivity index (χ1v) is 8.31. The van der Waals surface area contributed by atoms with E-state index in [0.29, 0.717) is 36.5 Å². The number of urea groups is 1. The maximum Gasteiger partial charge on any atom is 0.419 e. The van der Waals surface area contributed by atoms with Crippen molar-refractivity contribution in [3.05, 3.63) is 28.7 Å². The normalized spacial score (nSPS) is 17.5. The minimum absolute atomic E-state index is 0.257. The fourth-order valence-corrected chi connectivity index (χ4v) is 3.03. The Bertz CT molecular complexity index is 854. The van der Waals surface area contributed by atoms with Crippen LogP contribution in [0.4, 0.5) is 10.5 Å². The van der Waals surface area contributed by atoms with Crippen LogP contribution in [0.25, 0.3) is 11.1 Å². The Hall–Kier alpha value is -2.77. The third-order valence-electron chi connectivity index (χ3n) is 4.37. The summed E-state index contributed by atoms with van der Waals surface area (Å²) in [5.74, 6) is -0.992. The maximum absolute atomic E-state index is 12.5. The molecule has 8 nitrogen and oxygen atoms in total. The van der Waals surface area contributed by atoms with E-state index < -0.39 is 5.76 Å². The number of aryl methyl sites for hydroxylation is 1. The van der Waals surface area contributed by atoms with Crippen LogP contribution in [0, 0.1) is 5.92 Å². The molecule has 8 heteroatoms. The molecule has 0 unspecified atom stereocenters. The number of ether oxygens (including phenoxy) is 1. The van der Waals surface area contributed by atoms with Crippen molar-refractivity contribution in [2.75, 3.05) is 25.0 Å². The first-order valence-electron chi connectivity index (χ1n) is 8.31. The molecule has 25 heavy (non-hydrogen) atoms. The third-order valence-corrected chi connectivity index (χ3v) is 4.37. The highest BCUT2D eigenvalue weighted by Crippen LogP contribution is 2.21. The number of oxazole rings is 1. The highest BCUT2D eigenvalue weighted by atomic mass is 16.5. The summed E-state index contributed by atoms with van der Waals surface area (Å²) in [4.78, 5) is 37.5. The van der Waals surface area contributed by atoms with Crippen LogP contribution in [0.3, 0.4) is 0 Å². The quantitative estimate of drug-likeness (QED) is 0.857. The molecule has 0 spiro atoms. The van der Waals surface area contributed by atoms with Gasteiger partial charge in [-0.25, -0.2) is 9.59 Å². The lowest BCUT2D eigenvalue weighted by molar-refractivity contribution is -0.149. The lowest BCUT2D eigenvalue weighted by Gasteiger charge is -2.31. The molecular formula is C17H21N3O5. The van der Waals surface area contributed by atoms with Gasteiger partial charge < -0.3 is 19.4 Å².